The van der Waals surface area contributed by atoms with Crippen LogP contribution in [0.3, 0.4) is 0 Å². The summed E-state index contributed by atoms with van der Waals surface area (Å²) in [6, 6.07) is 9.99. The van der Waals surface area contributed by atoms with E-state index in [1.54, 1.807) is 11.3 Å². The van der Waals surface area contributed by atoms with Gasteiger partial charge in [-0.2, -0.15) is 0 Å². The van der Waals surface area contributed by atoms with Crippen molar-refractivity contribution in [3.05, 3.63) is 50.6 Å². The first-order valence-electron chi connectivity index (χ1n) is 5.37. The molecule has 0 unspecified atom stereocenters. The molecule has 2 rings (SSSR count). The van der Waals surface area contributed by atoms with Gasteiger partial charge in [-0.1, -0.05) is 12.1 Å². The Morgan fingerprint density at radius 3 is 2.88 bits per heavy atom. The minimum Gasteiger partial charge on any atom is -0.488 e. The highest BCUT2D eigenvalue weighted by Crippen LogP contribution is 2.25. The average molecular weight is 312 g/mol. The lowest BCUT2D eigenvalue weighted by Crippen LogP contribution is -2.05. The first kappa shape index (κ1) is 12.6. The van der Waals surface area contributed by atoms with Crippen LogP contribution in [0.2, 0.25) is 0 Å². The molecule has 1 aromatic heterocycles. The van der Waals surface area contributed by atoms with Crippen LogP contribution < -0.4 is 10.5 Å². The van der Waals surface area contributed by atoms with Crippen LogP contribution in [-0.2, 0) is 6.61 Å². The Morgan fingerprint density at radius 2 is 2.24 bits per heavy atom. The summed E-state index contributed by atoms with van der Waals surface area (Å²) in [6.07, 6.45) is 0. The molecule has 0 bridgehead atoms. The summed E-state index contributed by atoms with van der Waals surface area (Å²) in [7, 11) is 0. The third-order valence-corrected chi connectivity index (χ3v) is 4.34. The van der Waals surface area contributed by atoms with Crippen molar-refractivity contribution < 1.29 is 4.74 Å². The van der Waals surface area contributed by atoms with Crippen molar-refractivity contribution >= 4 is 27.3 Å². The van der Waals surface area contributed by atoms with Crippen molar-refractivity contribution in [2.24, 2.45) is 5.73 Å². The highest BCUT2D eigenvalue weighted by Gasteiger charge is 2.04. The second-order valence-corrected chi connectivity index (χ2v) is 5.70. The average Bonchev–Trinajstić information content (AvgIpc) is 2.72. The Bertz CT molecular complexity index is 496. The van der Waals surface area contributed by atoms with Gasteiger partial charge in [-0.05, 0) is 52.0 Å². The molecule has 4 heteroatoms. The third kappa shape index (κ3) is 3.31. The van der Waals surface area contributed by atoms with Gasteiger partial charge in [0, 0.05) is 10.5 Å². The van der Waals surface area contributed by atoms with Gasteiger partial charge in [0.05, 0.1) is 4.88 Å². The van der Waals surface area contributed by atoms with Crippen LogP contribution in [-0.4, -0.2) is 0 Å². The molecule has 2 aromatic rings. The first-order chi connectivity index (χ1) is 8.16. The fourth-order valence-corrected chi connectivity index (χ4v) is 2.84. The fraction of sp³-hybridized carbons (Fsp3) is 0.231. The summed E-state index contributed by atoms with van der Waals surface area (Å²) in [5, 5.41) is 2.04. The number of benzene rings is 1. The molecule has 0 aliphatic heterocycles. The molecule has 0 saturated heterocycles. The van der Waals surface area contributed by atoms with E-state index in [0.717, 1.165) is 15.8 Å². The lowest BCUT2D eigenvalue weighted by Gasteiger charge is -2.09. The van der Waals surface area contributed by atoms with Crippen LogP contribution in [0, 0.1) is 0 Å². The number of rotatable bonds is 4. The van der Waals surface area contributed by atoms with E-state index in [1.807, 2.05) is 42.6 Å². The smallest absolute Gasteiger partial charge is 0.124 e. The van der Waals surface area contributed by atoms with E-state index in [4.69, 9.17) is 10.5 Å². The zero-order valence-electron chi connectivity index (χ0n) is 9.52. The largest absolute Gasteiger partial charge is 0.488 e. The van der Waals surface area contributed by atoms with Gasteiger partial charge in [0.2, 0.25) is 0 Å². The lowest BCUT2D eigenvalue weighted by atomic mass is 10.1. The Labute approximate surface area is 114 Å². The van der Waals surface area contributed by atoms with Crippen LogP contribution in [0.4, 0.5) is 0 Å². The van der Waals surface area contributed by atoms with E-state index in [0.29, 0.717) is 6.61 Å². The highest BCUT2D eigenvalue weighted by atomic mass is 79.9. The van der Waals surface area contributed by atoms with E-state index in [1.165, 1.54) is 4.88 Å². The molecule has 17 heavy (non-hydrogen) atoms. The second-order valence-electron chi connectivity index (χ2n) is 3.84. The Balaban J connectivity index is 2.04. The van der Waals surface area contributed by atoms with Crippen LogP contribution in [0.5, 0.6) is 5.75 Å². The number of halogens is 1. The highest BCUT2D eigenvalue weighted by molar-refractivity contribution is 9.10. The molecule has 2 N–H and O–H groups in total. The number of ether oxygens (including phenoxy) is 1. The normalized spacial score (nSPS) is 12.4. The molecule has 2 nitrogen and oxygen atoms in total. The SMILES string of the molecule is C[C@H](N)c1cccc(OCc2sccc2Br)c1. The topological polar surface area (TPSA) is 35.2 Å². The molecular formula is C13H14BrNOS. The van der Waals surface area contributed by atoms with Crippen molar-refractivity contribution in [2.45, 2.75) is 19.6 Å². The summed E-state index contributed by atoms with van der Waals surface area (Å²) in [6.45, 7) is 2.55. The van der Waals surface area contributed by atoms with Crippen LogP contribution in [0.15, 0.2) is 40.2 Å². The number of nitrogens with two attached hydrogens (primary N) is 1. The van der Waals surface area contributed by atoms with E-state index in [2.05, 4.69) is 15.9 Å². The molecule has 1 atom stereocenters. The molecule has 0 aliphatic carbocycles. The fourth-order valence-electron chi connectivity index (χ4n) is 1.46. The van der Waals surface area contributed by atoms with Gasteiger partial charge in [0.1, 0.15) is 12.4 Å². The van der Waals surface area contributed by atoms with Crippen molar-refractivity contribution in [3.63, 3.8) is 0 Å². The Hall–Kier alpha value is -0.840. The third-order valence-electron chi connectivity index (χ3n) is 2.44. The predicted molar refractivity (Wildman–Crippen MR) is 75.4 cm³/mol. The molecule has 90 valence electrons. The molecule has 0 radical (unpaired) electrons. The van der Waals surface area contributed by atoms with Gasteiger partial charge in [-0.15, -0.1) is 11.3 Å². The van der Waals surface area contributed by atoms with Gasteiger partial charge >= 0.3 is 0 Å². The maximum atomic E-state index is 5.84. The predicted octanol–water partition coefficient (Wildman–Crippen LogP) is 4.11. The zero-order chi connectivity index (χ0) is 12.3. The molecule has 0 fully saturated rings. The quantitative estimate of drug-likeness (QED) is 0.922. The van der Waals surface area contributed by atoms with Crippen LogP contribution in [0.1, 0.15) is 23.4 Å². The van der Waals surface area contributed by atoms with E-state index in [-0.39, 0.29) is 6.04 Å². The van der Waals surface area contributed by atoms with Crippen molar-refractivity contribution in [2.75, 3.05) is 0 Å². The number of thiophene rings is 1. The molecule has 0 saturated carbocycles. The van der Waals surface area contributed by atoms with Crippen LogP contribution >= 0.6 is 27.3 Å². The molecule has 0 aliphatic rings. The maximum absolute atomic E-state index is 5.84. The van der Waals surface area contributed by atoms with Crippen LogP contribution in [0.25, 0.3) is 0 Å². The summed E-state index contributed by atoms with van der Waals surface area (Å²) in [4.78, 5) is 1.19. The summed E-state index contributed by atoms with van der Waals surface area (Å²) >= 11 is 5.17. The summed E-state index contributed by atoms with van der Waals surface area (Å²) < 4.78 is 6.85. The van der Waals surface area contributed by atoms with E-state index in [9.17, 15) is 0 Å². The standard InChI is InChI=1S/C13H14BrNOS/c1-9(15)10-3-2-4-11(7-10)16-8-13-12(14)5-6-17-13/h2-7,9H,8,15H2,1H3/t9-/m0/s1. The van der Waals surface area contributed by atoms with E-state index < -0.39 is 0 Å². The van der Waals surface area contributed by atoms with Crippen molar-refractivity contribution in [1.29, 1.82) is 0 Å². The van der Waals surface area contributed by atoms with Gasteiger partial charge in [-0.25, -0.2) is 0 Å². The zero-order valence-corrected chi connectivity index (χ0v) is 11.9. The Morgan fingerprint density at radius 1 is 1.41 bits per heavy atom. The van der Waals surface area contributed by atoms with Crippen molar-refractivity contribution in [1.82, 2.24) is 0 Å². The molecule has 1 heterocycles. The van der Waals surface area contributed by atoms with Crippen molar-refractivity contribution in [3.8, 4) is 5.75 Å². The minimum absolute atomic E-state index is 0.0343. The van der Waals surface area contributed by atoms with E-state index >= 15 is 0 Å². The van der Waals surface area contributed by atoms with Gasteiger partial charge < -0.3 is 10.5 Å². The second kappa shape index (κ2) is 5.67. The molecular weight excluding hydrogens is 298 g/mol. The Kier molecular flexibility index (Phi) is 4.20. The molecule has 1 aromatic carbocycles. The minimum atomic E-state index is 0.0343. The summed E-state index contributed by atoms with van der Waals surface area (Å²) in [5.41, 5.74) is 6.93. The number of hydrogen-bond donors (Lipinski definition) is 1. The summed E-state index contributed by atoms with van der Waals surface area (Å²) in [5.74, 6) is 0.861. The monoisotopic (exact) mass is 311 g/mol. The number of hydrogen-bond acceptors (Lipinski definition) is 3. The first-order valence-corrected chi connectivity index (χ1v) is 7.04. The van der Waals surface area contributed by atoms with Gasteiger partial charge in [-0.3, -0.25) is 0 Å². The van der Waals surface area contributed by atoms with Gasteiger partial charge in [0.15, 0.2) is 0 Å². The van der Waals surface area contributed by atoms with Gasteiger partial charge in [0.25, 0.3) is 0 Å². The maximum Gasteiger partial charge on any atom is 0.124 e. The lowest BCUT2D eigenvalue weighted by molar-refractivity contribution is 0.308. The molecule has 0 spiro atoms. The molecule has 0 amide bonds.